The Balaban J connectivity index is 1.71. The van der Waals surface area contributed by atoms with Crippen LogP contribution in [0, 0.1) is 32.1 Å². The van der Waals surface area contributed by atoms with Crippen LogP contribution in [0.1, 0.15) is 27.8 Å². The van der Waals surface area contributed by atoms with Crippen molar-refractivity contribution >= 4 is 28.4 Å². The summed E-state index contributed by atoms with van der Waals surface area (Å²) >= 11 is 0. The third-order valence-corrected chi connectivity index (χ3v) is 5.65. The fraction of sp³-hybridized carbons (Fsp3) is 0.133. The number of amides is 1. The molecule has 0 bridgehead atoms. The molecule has 0 heterocycles. The lowest BCUT2D eigenvalue weighted by atomic mass is 10.0. The van der Waals surface area contributed by atoms with E-state index in [1.165, 1.54) is 11.1 Å². The molecule has 4 aromatic rings. The monoisotopic (exact) mass is 446 g/mol. The van der Waals surface area contributed by atoms with Crippen LogP contribution in [0.3, 0.4) is 0 Å². The van der Waals surface area contributed by atoms with Gasteiger partial charge in [0.05, 0.1) is 0 Å². The molecule has 0 aliphatic heterocycles. The van der Waals surface area contributed by atoms with E-state index in [1.807, 2.05) is 67.6 Å². The van der Waals surface area contributed by atoms with Crippen LogP contribution < -0.4 is 10.1 Å². The molecule has 34 heavy (non-hydrogen) atoms. The highest BCUT2D eigenvalue weighted by molar-refractivity contribution is 6.11. The van der Waals surface area contributed by atoms with Crippen LogP contribution in [-0.4, -0.2) is 5.91 Å². The standard InChI is InChI=1S/C30H26N2O2/c1-20-14-21(2)16-23(15-20)19-34-29-13-12-24-9-5-6-10-26(24)27(29)17-25(18-31)30(33)32-28-11-7-4-8-22(28)3/h4-17H,19H2,1-3H3,(H,32,33)/b25-17+. The van der Waals surface area contributed by atoms with Crippen LogP contribution in [0.2, 0.25) is 0 Å². The van der Waals surface area contributed by atoms with E-state index in [1.54, 1.807) is 6.08 Å². The maximum Gasteiger partial charge on any atom is 0.266 e. The van der Waals surface area contributed by atoms with E-state index in [-0.39, 0.29) is 5.57 Å². The minimum Gasteiger partial charge on any atom is -0.488 e. The predicted molar refractivity (Wildman–Crippen MR) is 138 cm³/mol. The van der Waals surface area contributed by atoms with Gasteiger partial charge in [0.1, 0.15) is 24.0 Å². The summed E-state index contributed by atoms with van der Waals surface area (Å²) in [5, 5.41) is 14.6. The van der Waals surface area contributed by atoms with Crippen molar-refractivity contribution in [1.82, 2.24) is 0 Å². The van der Waals surface area contributed by atoms with Crippen molar-refractivity contribution in [3.05, 3.63) is 112 Å². The first-order valence-corrected chi connectivity index (χ1v) is 11.1. The summed E-state index contributed by atoms with van der Waals surface area (Å²) in [7, 11) is 0. The number of ether oxygens (including phenoxy) is 1. The lowest BCUT2D eigenvalue weighted by molar-refractivity contribution is -0.112. The van der Waals surface area contributed by atoms with E-state index in [0.29, 0.717) is 23.6 Å². The van der Waals surface area contributed by atoms with Gasteiger partial charge in [0.25, 0.3) is 5.91 Å². The summed E-state index contributed by atoms with van der Waals surface area (Å²) in [5.74, 6) is 0.166. The molecule has 0 aromatic heterocycles. The van der Waals surface area contributed by atoms with E-state index in [9.17, 15) is 10.1 Å². The predicted octanol–water partition coefficient (Wildman–Crippen LogP) is 6.89. The first kappa shape index (κ1) is 22.8. The number of carbonyl (C=O) groups is 1. The second-order valence-corrected chi connectivity index (χ2v) is 8.42. The summed E-state index contributed by atoms with van der Waals surface area (Å²) in [6.45, 7) is 6.42. The van der Waals surface area contributed by atoms with Crippen LogP contribution in [0.25, 0.3) is 16.8 Å². The zero-order valence-corrected chi connectivity index (χ0v) is 19.6. The summed E-state index contributed by atoms with van der Waals surface area (Å²) in [6.07, 6.45) is 1.62. The molecular formula is C30H26N2O2. The topological polar surface area (TPSA) is 62.1 Å². The number of anilines is 1. The summed E-state index contributed by atoms with van der Waals surface area (Å²) < 4.78 is 6.22. The van der Waals surface area contributed by atoms with Gasteiger partial charge in [-0.25, -0.2) is 0 Å². The van der Waals surface area contributed by atoms with Crippen molar-refractivity contribution in [2.24, 2.45) is 0 Å². The van der Waals surface area contributed by atoms with Crippen molar-refractivity contribution in [3.8, 4) is 11.8 Å². The van der Waals surface area contributed by atoms with E-state index in [4.69, 9.17) is 4.74 Å². The Labute approximate surface area is 200 Å². The Morgan fingerprint density at radius 1 is 0.941 bits per heavy atom. The first-order valence-electron chi connectivity index (χ1n) is 11.1. The van der Waals surface area contributed by atoms with Gasteiger partial charge in [-0.05, 0) is 60.9 Å². The Hall–Kier alpha value is -4.36. The number of nitrogens with one attached hydrogen (secondary N) is 1. The molecule has 4 nitrogen and oxygen atoms in total. The Bertz CT molecular complexity index is 1420. The number of rotatable bonds is 6. The Morgan fingerprint density at radius 3 is 2.38 bits per heavy atom. The van der Waals surface area contributed by atoms with E-state index < -0.39 is 5.91 Å². The van der Waals surface area contributed by atoms with E-state index in [0.717, 1.165) is 21.9 Å². The number of fused-ring (bicyclic) bond motifs is 1. The molecule has 4 aromatic carbocycles. The Morgan fingerprint density at radius 2 is 1.65 bits per heavy atom. The minimum absolute atomic E-state index is 0.0101. The van der Waals surface area contributed by atoms with Gasteiger partial charge in [-0.1, -0.05) is 77.9 Å². The molecular weight excluding hydrogens is 420 g/mol. The van der Waals surface area contributed by atoms with Gasteiger partial charge in [0.15, 0.2) is 0 Å². The number of aryl methyl sites for hydroxylation is 3. The number of hydrogen-bond acceptors (Lipinski definition) is 3. The number of carbonyl (C=O) groups excluding carboxylic acids is 1. The highest BCUT2D eigenvalue weighted by Crippen LogP contribution is 2.31. The molecule has 1 N–H and O–H groups in total. The van der Waals surface area contributed by atoms with Gasteiger partial charge in [-0.3, -0.25) is 4.79 Å². The van der Waals surface area contributed by atoms with Crippen molar-refractivity contribution < 1.29 is 9.53 Å². The maximum absolute atomic E-state index is 13.0. The SMILES string of the molecule is Cc1cc(C)cc(COc2ccc3ccccc3c2/C=C(\C#N)C(=O)Nc2ccccc2C)c1. The quantitative estimate of drug-likeness (QED) is 0.259. The summed E-state index contributed by atoms with van der Waals surface area (Å²) in [5.41, 5.74) is 5.75. The molecule has 0 aliphatic rings. The average Bonchev–Trinajstić information content (AvgIpc) is 2.82. The minimum atomic E-state index is -0.454. The van der Waals surface area contributed by atoms with Crippen LogP contribution in [0.5, 0.6) is 5.75 Å². The van der Waals surface area contributed by atoms with Crippen molar-refractivity contribution in [3.63, 3.8) is 0 Å². The van der Waals surface area contributed by atoms with Crippen molar-refractivity contribution in [1.29, 1.82) is 5.26 Å². The number of para-hydroxylation sites is 1. The average molecular weight is 447 g/mol. The van der Waals surface area contributed by atoms with Crippen LogP contribution in [0.4, 0.5) is 5.69 Å². The third kappa shape index (κ3) is 5.16. The fourth-order valence-electron chi connectivity index (χ4n) is 4.06. The molecule has 0 radical (unpaired) electrons. The molecule has 1 amide bonds. The van der Waals surface area contributed by atoms with Crippen molar-refractivity contribution in [2.45, 2.75) is 27.4 Å². The lowest BCUT2D eigenvalue weighted by Crippen LogP contribution is -2.14. The van der Waals surface area contributed by atoms with Gasteiger partial charge in [0.2, 0.25) is 0 Å². The highest BCUT2D eigenvalue weighted by Gasteiger charge is 2.14. The smallest absolute Gasteiger partial charge is 0.266 e. The molecule has 0 unspecified atom stereocenters. The fourth-order valence-corrected chi connectivity index (χ4v) is 4.06. The third-order valence-electron chi connectivity index (χ3n) is 5.65. The van der Waals surface area contributed by atoms with Gasteiger partial charge >= 0.3 is 0 Å². The summed E-state index contributed by atoms with van der Waals surface area (Å²) in [4.78, 5) is 13.0. The lowest BCUT2D eigenvalue weighted by Gasteiger charge is -2.14. The molecule has 4 rings (SSSR count). The summed E-state index contributed by atoms with van der Waals surface area (Å²) in [6, 6.07) is 27.6. The van der Waals surface area contributed by atoms with Gasteiger partial charge in [-0.2, -0.15) is 5.26 Å². The van der Waals surface area contributed by atoms with Gasteiger partial charge < -0.3 is 10.1 Å². The molecule has 4 heteroatoms. The van der Waals surface area contributed by atoms with E-state index >= 15 is 0 Å². The van der Waals surface area contributed by atoms with E-state index in [2.05, 4.69) is 43.4 Å². The number of benzene rings is 4. The molecule has 0 spiro atoms. The Kier molecular flexibility index (Phi) is 6.75. The number of nitriles is 1. The van der Waals surface area contributed by atoms with Crippen LogP contribution in [-0.2, 0) is 11.4 Å². The number of hydrogen-bond donors (Lipinski definition) is 1. The van der Waals surface area contributed by atoms with Crippen LogP contribution in [0.15, 0.2) is 84.4 Å². The molecule has 0 saturated carbocycles. The van der Waals surface area contributed by atoms with Gasteiger partial charge in [0, 0.05) is 11.3 Å². The second-order valence-electron chi connectivity index (χ2n) is 8.42. The van der Waals surface area contributed by atoms with Crippen LogP contribution >= 0.6 is 0 Å². The molecule has 0 aliphatic carbocycles. The first-order chi connectivity index (χ1) is 16.4. The largest absolute Gasteiger partial charge is 0.488 e. The molecule has 0 saturated heterocycles. The molecule has 0 fully saturated rings. The van der Waals surface area contributed by atoms with Crippen molar-refractivity contribution in [2.75, 3.05) is 5.32 Å². The zero-order valence-electron chi connectivity index (χ0n) is 19.6. The zero-order chi connectivity index (χ0) is 24.1. The number of nitrogens with zero attached hydrogens (tertiary/aromatic N) is 1. The second kappa shape index (κ2) is 10.1. The van der Waals surface area contributed by atoms with Gasteiger partial charge in [-0.15, -0.1) is 0 Å². The highest BCUT2D eigenvalue weighted by atomic mass is 16.5. The maximum atomic E-state index is 13.0. The molecule has 0 atom stereocenters. The normalized spacial score (nSPS) is 11.2. The molecule has 168 valence electrons.